The number of benzene rings is 1. The molecule has 0 spiro atoms. The highest BCUT2D eigenvalue weighted by molar-refractivity contribution is 7.99. The Balaban J connectivity index is 1.19. The maximum Gasteiger partial charge on any atom is 0.289 e. The summed E-state index contributed by atoms with van der Waals surface area (Å²) >= 11 is 1.43. The van der Waals surface area contributed by atoms with Gasteiger partial charge in [-0.05, 0) is 37.3 Å². The second-order valence-corrected chi connectivity index (χ2v) is 8.91. The Bertz CT molecular complexity index is 1170. The largest absolute Gasteiger partial charge is 0.486 e. The van der Waals surface area contributed by atoms with Gasteiger partial charge in [0.1, 0.15) is 13.2 Å². The van der Waals surface area contributed by atoms with Gasteiger partial charge in [-0.15, -0.1) is 0 Å². The van der Waals surface area contributed by atoms with E-state index in [0.717, 1.165) is 34.5 Å². The van der Waals surface area contributed by atoms with Crippen molar-refractivity contribution in [3.8, 4) is 22.8 Å². The van der Waals surface area contributed by atoms with E-state index in [1.807, 2.05) is 24.4 Å². The monoisotopic (exact) mass is 482 g/mol. The summed E-state index contributed by atoms with van der Waals surface area (Å²) in [7, 11) is 0. The van der Waals surface area contributed by atoms with Gasteiger partial charge in [0, 0.05) is 38.3 Å². The summed E-state index contributed by atoms with van der Waals surface area (Å²) < 4.78 is 18.6. The maximum absolute atomic E-state index is 12.8. The van der Waals surface area contributed by atoms with Crippen LogP contribution in [0.5, 0.6) is 11.5 Å². The lowest BCUT2D eigenvalue weighted by Gasteiger charge is -2.34. The number of nitrogens with zero attached hydrogens (tertiary/aromatic N) is 4. The summed E-state index contributed by atoms with van der Waals surface area (Å²) in [5, 5.41) is 0.798. The highest BCUT2D eigenvalue weighted by Crippen LogP contribution is 2.35. The van der Waals surface area contributed by atoms with Crippen LogP contribution in [-0.4, -0.2) is 76.3 Å². The van der Waals surface area contributed by atoms with Crippen molar-refractivity contribution >= 4 is 23.6 Å². The Morgan fingerprint density at radius 2 is 1.79 bits per heavy atom. The Labute approximate surface area is 201 Å². The number of furan rings is 1. The third kappa shape index (κ3) is 4.50. The highest BCUT2D eigenvalue weighted by Gasteiger charge is 2.26. The summed E-state index contributed by atoms with van der Waals surface area (Å²) in [5.74, 6) is 2.02. The average Bonchev–Trinajstić information content (AvgIpc) is 3.57. The minimum Gasteiger partial charge on any atom is -0.486 e. The molecule has 9 nitrogen and oxygen atoms in total. The van der Waals surface area contributed by atoms with Crippen molar-refractivity contribution < 1.29 is 23.5 Å². The van der Waals surface area contributed by atoms with Gasteiger partial charge in [-0.3, -0.25) is 9.59 Å². The first-order chi connectivity index (χ1) is 16.6. The highest BCUT2D eigenvalue weighted by atomic mass is 32.2. The minimum absolute atomic E-state index is 0.0432. The predicted molar refractivity (Wildman–Crippen MR) is 126 cm³/mol. The van der Waals surface area contributed by atoms with Gasteiger partial charge >= 0.3 is 0 Å². The van der Waals surface area contributed by atoms with Gasteiger partial charge in [0.15, 0.2) is 22.4 Å². The molecular weight excluding hydrogens is 456 g/mol. The lowest BCUT2D eigenvalue weighted by Crippen LogP contribution is -2.51. The summed E-state index contributed by atoms with van der Waals surface area (Å²) in [5.41, 5.74) is 1.97. The van der Waals surface area contributed by atoms with Crippen LogP contribution in [0.1, 0.15) is 17.5 Å². The molecule has 0 bridgehead atoms. The van der Waals surface area contributed by atoms with E-state index >= 15 is 0 Å². The Morgan fingerprint density at radius 1 is 1.03 bits per heavy atom. The molecule has 0 atom stereocenters. The van der Waals surface area contributed by atoms with Crippen molar-refractivity contribution in [1.29, 1.82) is 0 Å². The molecule has 0 unspecified atom stereocenters. The molecule has 178 valence electrons. The molecule has 0 radical (unpaired) electrons. The molecule has 2 amide bonds. The van der Waals surface area contributed by atoms with Crippen LogP contribution < -0.4 is 9.47 Å². The van der Waals surface area contributed by atoms with Crippen molar-refractivity contribution in [2.75, 3.05) is 45.1 Å². The van der Waals surface area contributed by atoms with Crippen molar-refractivity contribution in [3.63, 3.8) is 0 Å². The number of piperazine rings is 1. The smallest absolute Gasteiger partial charge is 0.289 e. The third-order valence-corrected chi connectivity index (χ3v) is 6.92. The van der Waals surface area contributed by atoms with Crippen LogP contribution in [0.15, 0.2) is 52.4 Å². The van der Waals surface area contributed by atoms with Gasteiger partial charge in [-0.25, -0.2) is 4.98 Å². The minimum atomic E-state index is -0.136. The van der Waals surface area contributed by atoms with Crippen molar-refractivity contribution in [2.24, 2.45) is 0 Å². The maximum atomic E-state index is 12.8. The van der Waals surface area contributed by atoms with Crippen molar-refractivity contribution in [1.82, 2.24) is 19.4 Å². The molecule has 0 aliphatic carbocycles. The summed E-state index contributed by atoms with van der Waals surface area (Å²) in [4.78, 5) is 33.3. The number of thioether (sulfide) groups is 1. The number of aromatic nitrogens is 2. The summed E-state index contributed by atoms with van der Waals surface area (Å²) in [6.45, 7) is 5.90. The first-order valence-electron chi connectivity index (χ1n) is 11.3. The van der Waals surface area contributed by atoms with Crippen LogP contribution in [0.2, 0.25) is 0 Å². The van der Waals surface area contributed by atoms with E-state index in [9.17, 15) is 9.59 Å². The average molecular weight is 483 g/mol. The molecule has 1 fully saturated rings. The van der Waals surface area contributed by atoms with Gasteiger partial charge in [0.2, 0.25) is 5.91 Å². The molecular formula is C24H26N4O5S. The van der Waals surface area contributed by atoms with Crippen LogP contribution in [-0.2, 0) is 11.3 Å². The Morgan fingerprint density at radius 3 is 2.53 bits per heavy atom. The van der Waals surface area contributed by atoms with Crippen molar-refractivity contribution in [3.05, 3.63) is 48.6 Å². The van der Waals surface area contributed by atoms with E-state index < -0.39 is 0 Å². The molecule has 0 N–H and O–H groups in total. The van der Waals surface area contributed by atoms with E-state index in [2.05, 4.69) is 16.5 Å². The number of hydrogen-bond acceptors (Lipinski definition) is 7. The van der Waals surface area contributed by atoms with Crippen LogP contribution in [0.3, 0.4) is 0 Å². The van der Waals surface area contributed by atoms with E-state index in [1.165, 1.54) is 18.0 Å². The van der Waals surface area contributed by atoms with E-state index in [4.69, 9.17) is 13.9 Å². The second-order valence-electron chi connectivity index (χ2n) is 7.97. The van der Waals surface area contributed by atoms with Gasteiger partial charge in [-0.1, -0.05) is 11.8 Å². The predicted octanol–water partition coefficient (Wildman–Crippen LogP) is 3.01. The molecule has 34 heavy (non-hydrogen) atoms. The molecule has 2 aliphatic heterocycles. The number of ether oxygens (including phenoxy) is 2. The van der Waals surface area contributed by atoms with Crippen LogP contribution in [0, 0.1) is 0 Å². The molecule has 1 saturated heterocycles. The third-order valence-electron chi connectivity index (χ3n) is 5.95. The lowest BCUT2D eigenvalue weighted by atomic mass is 10.1. The van der Waals surface area contributed by atoms with Gasteiger partial charge in [0.25, 0.3) is 5.91 Å². The van der Waals surface area contributed by atoms with Crippen LogP contribution in [0.4, 0.5) is 0 Å². The van der Waals surface area contributed by atoms with Gasteiger partial charge < -0.3 is 28.3 Å². The van der Waals surface area contributed by atoms with E-state index in [0.29, 0.717) is 50.9 Å². The molecule has 3 aromatic rings. The number of amides is 2. The number of fused-ring (bicyclic) bond motifs is 1. The number of rotatable bonds is 6. The fourth-order valence-electron chi connectivity index (χ4n) is 4.15. The number of carbonyl (C=O) groups excluding carboxylic acids is 2. The van der Waals surface area contributed by atoms with Crippen molar-refractivity contribution in [2.45, 2.75) is 18.6 Å². The summed E-state index contributed by atoms with van der Waals surface area (Å²) in [6.07, 6.45) is 3.32. The standard InChI is InChI=1S/C24H26N4O5S/c1-2-28-18(17-5-6-19-21(14-17)33-13-12-32-19)15-25-24(28)34-16-22(29)26-7-9-27(10-8-26)23(30)20-4-3-11-31-20/h3-6,11,14-15H,2,7-10,12-13,16H2,1H3. The quantitative estimate of drug-likeness (QED) is 0.499. The molecule has 2 aliphatic rings. The van der Waals surface area contributed by atoms with Crippen LogP contribution in [0.25, 0.3) is 11.3 Å². The molecule has 2 aromatic heterocycles. The zero-order valence-corrected chi connectivity index (χ0v) is 19.8. The molecule has 10 heteroatoms. The van der Waals surface area contributed by atoms with Gasteiger partial charge in [0.05, 0.1) is 23.9 Å². The topological polar surface area (TPSA) is 90.0 Å². The lowest BCUT2D eigenvalue weighted by molar-refractivity contribution is -0.129. The second kappa shape index (κ2) is 9.84. The fraction of sp³-hybridized carbons (Fsp3) is 0.375. The van der Waals surface area contributed by atoms with Gasteiger partial charge in [-0.2, -0.15) is 0 Å². The van der Waals surface area contributed by atoms with Crippen LogP contribution >= 0.6 is 11.8 Å². The first-order valence-corrected chi connectivity index (χ1v) is 12.3. The number of imidazole rings is 1. The molecule has 1 aromatic carbocycles. The number of hydrogen-bond donors (Lipinski definition) is 0. The fourth-order valence-corrected chi connectivity index (χ4v) is 5.09. The Kier molecular flexibility index (Phi) is 6.48. The summed E-state index contributed by atoms with van der Waals surface area (Å²) in [6, 6.07) is 9.25. The molecule has 4 heterocycles. The molecule has 0 saturated carbocycles. The SMILES string of the molecule is CCn1c(-c2ccc3c(c2)OCCO3)cnc1SCC(=O)N1CCN(C(=O)c2ccco2)CC1. The normalized spacial score (nSPS) is 15.4. The van der Waals surface area contributed by atoms with E-state index in [1.54, 1.807) is 21.9 Å². The molecule has 5 rings (SSSR count). The zero-order valence-electron chi connectivity index (χ0n) is 18.9. The number of carbonyl (C=O) groups is 2. The van der Waals surface area contributed by atoms with E-state index in [-0.39, 0.29) is 11.8 Å². The first kappa shape index (κ1) is 22.4. The Hall–Kier alpha value is -3.40. The zero-order chi connectivity index (χ0) is 23.5.